The van der Waals surface area contributed by atoms with Gasteiger partial charge in [-0.3, -0.25) is 0 Å². The topological polar surface area (TPSA) is 46.1 Å². The molecule has 0 spiro atoms. The van der Waals surface area contributed by atoms with E-state index in [0.29, 0.717) is 12.6 Å². The van der Waals surface area contributed by atoms with Crippen LogP contribution in [0, 0.1) is 0 Å². The normalized spacial score (nSPS) is 19.0. The predicted molar refractivity (Wildman–Crippen MR) is 149 cm³/mol. The second-order valence-electron chi connectivity index (χ2n) is 8.84. The van der Waals surface area contributed by atoms with Crippen molar-refractivity contribution < 1.29 is 0 Å². The molecule has 0 saturated carbocycles. The summed E-state index contributed by atoms with van der Waals surface area (Å²) in [5, 5.41) is 7.91. The van der Waals surface area contributed by atoms with Crippen LogP contribution in [0.1, 0.15) is 45.1 Å². The lowest BCUT2D eigenvalue weighted by atomic mass is 10.0. The zero-order valence-electron chi connectivity index (χ0n) is 20.1. The van der Waals surface area contributed by atoms with Crippen molar-refractivity contribution in [2.24, 2.45) is 4.99 Å². The van der Waals surface area contributed by atoms with Gasteiger partial charge in [0, 0.05) is 68.1 Å². The van der Waals surface area contributed by atoms with Gasteiger partial charge in [-0.2, -0.15) is 0 Å². The van der Waals surface area contributed by atoms with Crippen LogP contribution in [0.2, 0.25) is 5.02 Å². The first kappa shape index (κ1) is 27.5. The first-order valence-corrected chi connectivity index (χ1v) is 12.5. The minimum absolute atomic E-state index is 0. The number of anilines is 1. The van der Waals surface area contributed by atoms with E-state index in [1.807, 2.05) is 6.07 Å². The lowest BCUT2D eigenvalue weighted by Crippen LogP contribution is -2.48. The van der Waals surface area contributed by atoms with E-state index < -0.39 is 0 Å². The Balaban J connectivity index is 0.00000363. The molecule has 0 aromatic heterocycles. The Morgan fingerprint density at radius 2 is 1.81 bits per heavy atom. The number of likely N-dealkylation sites (N-methyl/N-ethyl adjacent to an activating group) is 1. The highest BCUT2D eigenvalue weighted by Gasteiger charge is 2.21. The van der Waals surface area contributed by atoms with Crippen LogP contribution >= 0.6 is 35.6 Å². The summed E-state index contributed by atoms with van der Waals surface area (Å²) in [6, 6.07) is 6.71. The predicted octanol–water partition coefficient (Wildman–Crippen LogP) is 4.03. The molecule has 2 fully saturated rings. The lowest BCUT2D eigenvalue weighted by Gasteiger charge is -2.35. The summed E-state index contributed by atoms with van der Waals surface area (Å²) in [5.41, 5.74) is 2.35. The van der Waals surface area contributed by atoms with Crippen LogP contribution < -0.4 is 15.5 Å². The molecule has 2 aliphatic heterocycles. The Labute approximate surface area is 217 Å². The fourth-order valence-electron chi connectivity index (χ4n) is 4.40. The van der Waals surface area contributed by atoms with Crippen LogP contribution in [0.15, 0.2) is 23.2 Å². The molecule has 2 N–H and O–H groups in total. The molecule has 0 aliphatic carbocycles. The van der Waals surface area contributed by atoms with Gasteiger partial charge in [0.15, 0.2) is 5.96 Å². The van der Waals surface area contributed by atoms with Crippen molar-refractivity contribution >= 4 is 47.2 Å². The SMILES string of the molecule is CCCCN1CCC(NC(=NCc2c(Cl)cccc2N2CCN(C)CC2)NCC)CC1.I. The zero-order chi connectivity index (χ0) is 22.1. The molecule has 0 atom stereocenters. The monoisotopic (exact) mass is 576 g/mol. The standard InChI is InChI=1S/C24H41ClN6.HI/c1-4-6-12-30-13-10-20(11-14-30)28-24(26-5-2)27-19-21-22(25)8-7-9-23(21)31-17-15-29(3)16-18-31;/h7-9,20H,4-6,10-19H2,1-3H3,(H2,26,27,28);1H. The molecular formula is C24H42ClIN6. The van der Waals surface area contributed by atoms with Crippen LogP contribution in [0.5, 0.6) is 0 Å². The van der Waals surface area contributed by atoms with Gasteiger partial charge in [-0.25, -0.2) is 4.99 Å². The van der Waals surface area contributed by atoms with E-state index in [0.717, 1.165) is 49.3 Å². The number of aliphatic imine (C=N–C) groups is 1. The van der Waals surface area contributed by atoms with Crippen molar-refractivity contribution in [1.29, 1.82) is 0 Å². The zero-order valence-corrected chi connectivity index (χ0v) is 23.2. The molecule has 6 nitrogen and oxygen atoms in total. The van der Waals surface area contributed by atoms with Gasteiger partial charge in [-0.15, -0.1) is 24.0 Å². The molecule has 2 heterocycles. The molecule has 2 saturated heterocycles. The van der Waals surface area contributed by atoms with Crippen LogP contribution in [-0.2, 0) is 6.54 Å². The number of guanidine groups is 1. The van der Waals surface area contributed by atoms with Crippen molar-refractivity contribution in [2.45, 2.75) is 52.1 Å². The Morgan fingerprint density at radius 1 is 1.09 bits per heavy atom. The number of nitrogens with zero attached hydrogens (tertiary/aromatic N) is 4. The molecule has 1 aromatic rings. The summed E-state index contributed by atoms with van der Waals surface area (Å²) in [6.07, 6.45) is 4.92. The lowest BCUT2D eigenvalue weighted by molar-refractivity contribution is 0.203. The molecule has 8 heteroatoms. The number of unbranched alkanes of at least 4 members (excludes halogenated alkanes) is 1. The van der Waals surface area contributed by atoms with Crippen molar-refractivity contribution in [3.63, 3.8) is 0 Å². The molecule has 1 aromatic carbocycles. The quantitative estimate of drug-likeness (QED) is 0.278. The molecule has 182 valence electrons. The highest BCUT2D eigenvalue weighted by atomic mass is 127. The van der Waals surface area contributed by atoms with Crippen LogP contribution in [0.3, 0.4) is 0 Å². The van der Waals surface area contributed by atoms with E-state index in [1.54, 1.807) is 0 Å². The summed E-state index contributed by atoms with van der Waals surface area (Å²) in [6.45, 7) is 13.6. The third kappa shape index (κ3) is 8.22. The van der Waals surface area contributed by atoms with Gasteiger partial charge in [0.2, 0.25) is 0 Å². The van der Waals surface area contributed by atoms with Gasteiger partial charge >= 0.3 is 0 Å². The number of likely N-dealkylation sites (tertiary alicyclic amines) is 1. The molecule has 0 radical (unpaired) electrons. The first-order chi connectivity index (χ1) is 15.1. The van der Waals surface area contributed by atoms with E-state index >= 15 is 0 Å². The van der Waals surface area contributed by atoms with Crippen LogP contribution in [-0.4, -0.2) is 81.2 Å². The Kier molecular flexibility index (Phi) is 12.4. The van der Waals surface area contributed by atoms with E-state index in [9.17, 15) is 0 Å². The second kappa shape index (κ2) is 14.5. The molecular weight excluding hydrogens is 535 g/mol. The van der Waals surface area contributed by atoms with Gasteiger partial charge in [-0.05, 0) is 51.9 Å². The number of hydrogen-bond donors (Lipinski definition) is 2. The maximum absolute atomic E-state index is 6.63. The average Bonchev–Trinajstić information content (AvgIpc) is 2.78. The first-order valence-electron chi connectivity index (χ1n) is 12.1. The molecule has 32 heavy (non-hydrogen) atoms. The minimum Gasteiger partial charge on any atom is -0.369 e. The number of benzene rings is 1. The molecule has 3 rings (SSSR count). The second-order valence-corrected chi connectivity index (χ2v) is 9.24. The number of piperazine rings is 1. The van der Waals surface area contributed by atoms with E-state index in [-0.39, 0.29) is 24.0 Å². The Bertz CT molecular complexity index is 700. The van der Waals surface area contributed by atoms with E-state index in [1.165, 1.54) is 51.0 Å². The fraction of sp³-hybridized carbons (Fsp3) is 0.708. The maximum atomic E-state index is 6.63. The number of piperidine rings is 1. The summed E-state index contributed by atoms with van der Waals surface area (Å²) in [7, 11) is 2.18. The number of nitrogens with one attached hydrogen (secondary N) is 2. The Hall–Kier alpha value is -0.770. The van der Waals surface area contributed by atoms with Gasteiger partial charge in [-0.1, -0.05) is 31.0 Å². The van der Waals surface area contributed by atoms with Crippen molar-refractivity contribution in [2.75, 3.05) is 64.3 Å². The molecule has 0 bridgehead atoms. The number of hydrogen-bond acceptors (Lipinski definition) is 4. The van der Waals surface area contributed by atoms with E-state index in [4.69, 9.17) is 16.6 Å². The average molecular weight is 577 g/mol. The summed E-state index contributed by atoms with van der Waals surface area (Å²) in [5.74, 6) is 0.902. The fourth-order valence-corrected chi connectivity index (χ4v) is 4.63. The van der Waals surface area contributed by atoms with E-state index in [2.05, 4.69) is 58.4 Å². The third-order valence-corrected chi connectivity index (χ3v) is 6.79. The Morgan fingerprint density at radius 3 is 2.47 bits per heavy atom. The van der Waals surface area contributed by atoms with Crippen molar-refractivity contribution in [3.05, 3.63) is 28.8 Å². The van der Waals surface area contributed by atoms with Gasteiger partial charge in [0.05, 0.1) is 6.54 Å². The van der Waals surface area contributed by atoms with Gasteiger partial charge < -0.3 is 25.3 Å². The summed E-state index contributed by atoms with van der Waals surface area (Å²) >= 11 is 6.63. The van der Waals surface area contributed by atoms with Crippen LogP contribution in [0.4, 0.5) is 5.69 Å². The van der Waals surface area contributed by atoms with Crippen LogP contribution in [0.25, 0.3) is 0 Å². The highest BCUT2D eigenvalue weighted by Crippen LogP contribution is 2.29. The third-order valence-electron chi connectivity index (χ3n) is 6.43. The minimum atomic E-state index is 0. The maximum Gasteiger partial charge on any atom is 0.191 e. The largest absolute Gasteiger partial charge is 0.369 e. The molecule has 2 aliphatic rings. The molecule has 0 unspecified atom stereocenters. The van der Waals surface area contributed by atoms with Gasteiger partial charge in [0.1, 0.15) is 0 Å². The van der Waals surface area contributed by atoms with Crippen molar-refractivity contribution in [3.8, 4) is 0 Å². The van der Waals surface area contributed by atoms with Crippen molar-refractivity contribution in [1.82, 2.24) is 20.4 Å². The smallest absolute Gasteiger partial charge is 0.191 e. The number of halogens is 2. The van der Waals surface area contributed by atoms with Gasteiger partial charge in [0.25, 0.3) is 0 Å². The highest BCUT2D eigenvalue weighted by molar-refractivity contribution is 14.0. The molecule has 0 amide bonds. The number of rotatable bonds is 8. The summed E-state index contributed by atoms with van der Waals surface area (Å²) < 4.78 is 0. The summed E-state index contributed by atoms with van der Waals surface area (Å²) in [4.78, 5) is 12.4.